The molecule has 0 aromatic heterocycles. The van der Waals surface area contributed by atoms with Crippen LogP contribution in [0.5, 0.6) is 11.5 Å². The Kier molecular flexibility index (Phi) is 6.83. The number of nitrogens with zero attached hydrogens (tertiary/aromatic N) is 1. The summed E-state index contributed by atoms with van der Waals surface area (Å²) in [6.45, 7) is 9.74. The second kappa shape index (κ2) is 9.14. The van der Waals surface area contributed by atoms with Crippen LogP contribution >= 0.6 is 0 Å². The van der Waals surface area contributed by atoms with Crippen LogP contribution in [-0.4, -0.2) is 53.9 Å². The van der Waals surface area contributed by atoms with Crippen molar-refractivity contribution in [3.8, 4) is 11.5 Å². The van der Waals surface area contributed by atoms with Crippen molar-refractivity contribution < 1.29 is 19.4 Å². The second-order valence-corrected chi connectivity index (χ2v) is 8.37. The lowest BCUT2D eigenvalue weighted by atomic mass is 9.88. The number of ether oxygens (including phenoxy) is 2. The van der Waals surface area contributed by atoms with Gasteiger partial charge in [-0.15, -0.1) is 0 Å². The molecule has 6 heteroatoms. The van der Waals surface area contributed by atoms with Gasteiger partial charge < -0.3 is 19.9 Å². The molecule has 1 amide bonds. The highest BCUT2D eigenvalue weighted by Gasteiger charge is 2.42. The number of benzene rings is 1. The van der Waals surface area contributed by atoms with E-state index in [1.54, 1.807) is 6.07 Å². The number of aromatic hydroxyl groups is 1. The Morgan fingerprint density at radius 3 is 2.79 bits per heavy atom. The molecule has 1 aromatic rings. The van der Waals surface area contributed by atoms with Gasteiger partial charge in [0.2, 0.25) is 5.91 Å². The first-order chi connectivity index (χ1) is 13.4. The van der Waals surface area contributed by atoms with Crippen LogP contribution in [0.15, 0.2) is 18.2 Å². The Labute approximate surface area is 168 Å². The fraction of sp³-hybridized carbons (Fsp3) is 0.682. The molecule has 3 rings (SSSR count). The summed E-state index contributed by atoms with van der Waals surface area (Å²) in [5, 5.41) is 12.9. The Morgan fingerprint density at radius 2 is 2.11 bits per heavy atom. The number of likely N-dealkylation sites (tertiary alicyclic amines) is 1. The van der Waals surface area contributed by atoms with Gasteiger partial charge in [-0.25, -0.2) is 0 Å². The zero-order chi connectivity index (χ0) is 20.1. The normalized spacial score (nSPS) is 21.9. The van der Waals surface area contributed by atoms with Gasteiger partial charge in [-0.1, -0.05) is 19.9 Å². The molecule has 2 saturated heterocycles. The van der Waals surface area contributed by atoms with Crippen molar-refractivity contribution in [2.24, 2.45) is 5.92 Å². The minimum Gasteiger partial charge on any atom is -0.504 e. The first kappa shape index (κ1) is 20.9. The van der Waals surface area contributed by atoms with E-state index in [9.17, 15) is 9.90 Å². The van der Waals surface area contributed by atoms with Crippen LogP contribution < -0.4 is 10.1 Å². The number of rotatable bonds is 7. The summed E-state index contributed by atoms with van der Waals surface area (Å²) in [5.74, 6) is 0.860. The summed E-state index contributed by atoms with van der Waals surface area (Å²) >= 11 is 0. The highest BCUT2D eigenvalue weighted by Crippen LogP contribution is 2.39. The molecule has 2 aliphatic heterocycles. The van der Waals surface area contributed by atoms with E-state index in [0.717, 1.165) is 50.9 Å². The first-order valence-corrected chi connectivity index (χ1v) is 10.5. The highest BCUT2D eigenvalue weighted by molar-refractivity contribution is 5.77. The maximum atomic E-state index is 11.8. The number of carbonyl (C=O) groups excluding carboxylic acids is 1. The van der Waals surface area contributed by atoms with Crippen molar-refractivity contribution in [1.82, 2.24) is 10.2 Å². The average Bonchev–Trinajstić information content (AvgIpc) is 3.07. The van der Waals surface area contributed by atoms with Crippen LogP contribution in [-0.2, 0) is 16.1 Å². The Balaban J connectivity index is 1.47. The molecule has 28 heavy (non-hydrogen) atoms. The van der Waals surface area contributed by atoms with Gasteiger partial charge in [0.25, 0.3) is 0 Å². The number of phenols is 1. The van der Waals surface area contributed by atoms with Crippen LogP contribution in [0.25, 0.3) is 0 Å². The lowest BCUT2D eigenvalue weighted by molar-refractivity contribution is -0.125. The predicted octanol–water partition coefficient (Wildman–Crippen LogP) is 3.08. The van der Waals surface area contributed by atoms with E-state index in [-0.39, 0.29) is 29.3 Å². The number of piperidine rings is 1. The van der Waals surface area contributed by atoms with Gasteiger partial charge in [0.15, 0.2) is 11.5 Å². The first-order valence-electron chi connectivity index (χ1n) is 10.5. The van der Waals surface area contributed by atoms with E-state index in [4.69, 9.17) is 9.47 Å². The average molecular weight is 391 g/mol. The lowest BCUT2D eigenvalue weighted by Crippen LogP contribution is -2.45. The van der Waals surface area contributed by atoms with Crippen LogP contribution in [0.1, 0.15) is 52.0 Å². The van der Waals surface area contributed by atoms with Gasteiger partial charge >= 0.3 is 0 Å². The third-order valence-electron chi connectivity index (χ3n) is 5.86. The monoisotopic (exact) mass is 390 g/mol. The number of phenolic OH excluding ortho intramolecular Hbond substituents is 1. The SMILES string of the molecule is CCOc1cc(CN2CCC3(CC[C@H](CNC(=O)C(C)C)O3)CC2)ccc1O. The molecule has 2 aliphatic rings. The molecular formula is C22H34N2O4. The maximum Gasteiger partial charge on any atom is 0.222 e. The number of carbonyl (C=O) groups is 1. The Hall–Kier alpha value is -1.79. The van der Waals surface area contributed by atoms with Gasteiger partial charge in [-0.2, -0.15) is 0 Å². The van der Waals surface area contributed by atoms with Crippen molar-refractivity contribution in [1.29, 1.82) is 0 Å². The van der Waals surface area contributed by atoms with E-state index in [1.165, 1.54) is 0 Å². The number of amides is 1. The van der Waals surface area contributed by atoms with Crippen LogP contribution in [0.3, 0.4) is 0 Å². The fourth-order valence-corrected chi connectivity index (χ4v) is 4.13. The van der Waals surface area contributed by atoms with Gasteiger partial charge in [-0.3, -0.25) is 9.69 Å². The molecule has 1 aromatic carbocycles. The van der Waals surface area contributed by atoms with Crippen molar-refractivity contribution in [3.63, 3.8) is 0 Å². The summed E-state index contributed by atoms with van der Waals surface area (Å²) in [6.07, 6.45) is 4.29. The largest absolute Gasteiger partial charge is 0.504 e. The standard InChI is InChI=1S/C22H34N2O4/c1-4-27-20-13-17(5-6-19(20)25)15-24-11-9-22(10-12-24)8-7-18(28-22)14-23-21(26)16(2)3/h5-6,13,16,18,25H,4,7-12,14-15H2,1-3H3,(H,23,26)/t18-/m1/s1. The van der Waals surface area contributed by atoms with E-state index in [1.807, 2.05) is 32.9 Å². The van der Waals surface area contributed by atoms with E-state index >= 15 is 0 Å². The summed E-state index contributed by atoms with van der Waals surface area (Å²) < 4.78 is 11.9. The summed E-state index contributed by atoms with van der Waals surface area (Å²) in [4.78, 5) is 14.2. The molecule has 1 spiro atoms. The molecule has 0 aliphatic carbocycles. The molecule has 2 fully saturated rings. The molecule has 0 unspecified atom stereocenters. The molecule has 156 valence electrons. The van der Waals surface area contributed by atoms with Crippen molar-refractivity contribution in [2.75, 3.05) is 26.2 Å². The van der Waals surface area contributed by atoms with E-state index in [2.05, 4.69) is 10.2 Å². The molecule has 1 atom stereocenters. The van der Waals surface area contributed by atoms with Crippen molar-refractivity contribution in [2.45, 2.75) is 64.7 Å². The molecule has 0 radical (unpaired) electrons. The molecule has 2 N–H and O–H groups in total. The van der Waals surface area contributed by atoms with E-state index in [0.29, 0.717) is 18.9 Å². The maximum absolute atomic E-state index is 11.8. The molecule has 6 nitrogen and oxygen atoms in total. The Morgan fingerprint density at radius 1 is 1.36 bits per heavy atom. The summed E-state index contributed by atoms with van der Waals surface area (Å²) in [5.41, 5.74) is 1.13. The summed E-state index contributed by atoms with van der Waals surface area (Å²) in [6, 6.07) is 5.60. The van der Waals surface area contributed by atoms with Crippen molar-refractivity contribution in [3.05, 3.63) is 23.8 Å². The van der Waals surface area contributed by atoms with Gasteiger partial charge in [0, 0.05) is 32.1 Å². The third kappa shape index (κ3) is 5.17. The zero-order valence-corrected chi connectivity index (χ0v) is 17.4. The molecular weight excluding hydrogens is 356 g/mol. The topological polar surface area (TPSA) is 71.0 Å². The molecule has 0 saturated carbocycles. The second-order valence-electron chi connectivity index (χ2n) is 8.37. The lowest BCUT2D eigenvalue weighted by Gasteiger charge is -2.39. The molecule has 2 heterocycles. The fourth-order valence-electron chi connectivity index (χ4n) is 4.13. The minimum absolute atomic E-state index is 0.0155. The number of hydrogen-bond acceptors (Lipinski definition) is 5. The van der Waals surface area contributed by atoms with Gasteiger partial charge in [0.1, 0.15) is 0 Å². The third-order valence-corrected chi connectivity index (χ3v) is 5.86. The minimum atomic E-state index is -0.0187. The highest BCUT2D eigenvalue weighted by atomic mass is 16.5. The Bertz CT molecular complexity index is 669. The van der Waals surface area contributed by atoms with Crippen LogP contribution in [0.2, 0.25) is 0 Å². The number of hydrogen-bond donors (Lipinski definition) is 2. The van der Waals surface area contributed by atoms with Gasteiger partial charge in [-0.05, 0) is 50.3 Å². The van der Waals surface area contributed by atoms with Crippen LogP contribution in [0, 0.1) is 5.92 Å². The van der Waals surface area contributed by atoms with E-state index < -0.39 is 0 Å². The smallest absolute Gasteiger partial charge is 0.222 e. The summed E-state index contributed by atoms with van der Waals surface area (Å²) in [7, 11) is 0. The zero-order valence-electron chi connectivity index (χ0n) is 17.4. The predicted molar refractivity (Wildman–Crippen MR) is 108 cm³/mol. The van der Waals surface area contributed by atoms with Crippen molar-refractivity contribution >= 4 is 5.91 Å². The number of nitrogens with one attached hydrogen (secondary N) is 1. The quantitative estimate of drug-likeness (QED) is 0.749. The van der Waals surface area contributed by atoms with Crippen LogP contribution in [0.4, 0.5) is 0 Å². The molecule has 0 bridgehead atoms. The van der Waals surface area contributed by atoms with Gasteiger partial charge in [0.05, 0.1) is 18.3 Å².